The first-order valence-electron chi connectivity index (χ1n) is 6.79. The predicted octanol–water partition coefficient (Wildman–Crippen LogP) is 3.26. The Morgan fingerprint density at radius 1 is 1.26 bits per heavy atom. The van der Waals surface area contributed by atoms with E-state index in [1.807, 2.05) is 26.0 Å². The van der Waals surface area contributed by atoms with Crippen molar-refractivity contribution >= 4 is 0 Å². The minimum absolute atomic E-state index is 0.0143. The van der Waals surface area contributed by atoms with Crippen molar-refractivity contribution in [3.8, 4) is 0 Å². The molecule has 5 nitrogen and oxygen atoms in total. The van der Waals surface area contributed by atoms with Gasteiger partial charge in [-0.05, 0) is 45.7 Å². The van der Waals surface area contributed by atoms with E-state index in [4.69, 9.17) is 8.94 Å². The molecule has 0 bridgehead atoms. The van der Waals surface area contributed by atoms with Crippen LogP contribution in [0.15, 0.2) is 21.1 Å². The second-order valence-electron chi connectivity index (χ2n) is 5.32. The van der Waals surface area contributed by atoms with Gasteiger partial charge in [0.15, 0.2) is 5.82 Å². The summed E-state index contributed by atoms with van der Waals surface area (Å²) in [7, 11) is 0. The number of nitrogens with one attached hydrogen (secondary N) is 1. The minimum atomic E-state index is 0.0143. The highest BCUT2D eigenvalue weighted by molar-refractivity contribution is 5.10. The van der Waals surface area contributed by atoms with Gasteiger partial charge in [-0.25, -0.2) is 0 Å². The average molecular weight is 261 g/mol. The topological polar surface area (TPSA) is 64.1 Å². The van der Waals surface area contributed by atoms with Gasteiger partial charge in [0.05, 0.1) is 12.1 Å². The molecule has 1 N–H and O–H groups in total. The number of rotatable bonds is 5. The molecule has 0 aromatic carbocycles. The lowest BCUT2D eigenvalue weighted by Gasteiger charge is -2.15. The molecular weight excluding hydrogens is 242 g/mol. The van der Waals surface area contributed by atoms with Crippen LogP contribution < -0.4 is 5.32 Å². The molecule has 1 aliphatic carbocycles. The molecule has 0 radical (unpaired) electrons. The van der Waals surface area contributed by atoms with Gasteiger partial charge in [0.1, 0.15) is 11.5 Å². The molecule has 19 heavy (non-hydrogen) atoms. The van der Waals surface area contributed by atoms with Crippen LogP contribution in [0.25, 0.3) is 0 Å². The van der Waals surface area contributed by atoms with Gasteiger partial charge in [0.25, 0.3) is 0 Å². The largest absolute Gasteiger partial charge is 0.465 e. The highest BCUT2D eigenvalue weighted by Crippen LogP contribution is 2.38. The second kappa shape index (κ2) is 4.81. The molecule has 0 aliphatic heterocycles. The van der Waals surface area contributed by atoms with Crippen LogP contribution in [0, 0.1) is 6.92 Å². The third-order valence-electron chi connectivity index (χ3n) is 3.46. The molecule has 1 saturated carbocycles. The summed E-state index contributed by atoms with van der Waals surface area (Å²) >= 11 is 0. The lowest BCUT2D eigenvalue weighted by Crippen LogP contribution is -2.22. The SMILES string of the molecule is Cc1ccc([C@@H](C)N[C@H](C)c2nc(C3CC3)no2)o1. The molecule has 5 heteroatoms. The van der Waals surface area contributed by atoms with Crippen LogP contribution in [-0.2, 0) is 0 Å². The number of hydrogen-bond acceptors (Lipinski definition) is 5. The number of nitrogens with zero attached hydrogens (tertiary/aromatic N) is 2. The van der Waals surface area contributed by atoms with Gasteiger partial charge in [-0.15, -0.1) is 0 Å². The fourth-order valence-electron chi connectivity index (χ4n) is 2.15. The standard InChI is InChI=1S/C14H19N3O2/c1-8-4-7-12(18-8)9(2)15-10(3)14-16-13(17-19-14)11-5-6-11/h4,7,9-11,15H,5-6H2,1-3H3/t9-,10-/m1/s1. The monoisotopic (exact) mass is 261 g/mol. The van der Waals surface area contributed by atoms with Crippen molar-refractivity contribution in [3.05, 3.63) is 35.4 Å². The molecule has 0 unspecified atom stereocenters. The van der Waals surface area contributed by atoms with E-state index in [1.165, 1.54) is 12.8 Å². The van der Waals surface area contributed by atoms with Gasteiger partial charge in [-0.2, -0.15) is 4.98 Å². The highest BCUT2D eigenvalue weighted by Gasteiger charge is 2.29. The molecule has 0 spiro atoms. The van der Waals surface area contributed by atoms with Gasteiger partial charge in [0.2, 0.25) is 5.89 Å². The van der Waals surface area contributed by atoms with Gasteiger partial charge in [0, 0.05) is 5.92 Å². The van der Waals surface area contributed by atoms with Gasteiger partial charge >= 0.3 is 0 Å². The second-order valence-corrected chi connectivity index (χ2v) is 5.32. The normalized spacial score (nSPS) is 18.5. The lowest BCUT2D eigenvalue weighted by molar-refractivity contribution is 0.313. The van der Waals surface area contributed by atoms with Crippen molar-refractivity contribution in [2.24, 2.45) is 0 Å². The zero-order valence-electron chi connectivity index (χ0n) is 11.5. The highest BCUT2D eigenvalue weighted by atomic mass is 16.5. The van der Waals surface area contributed by atoms with Crippen molar-refractivity contribution < 1.29 is 8.94 Å². The average Bonchev–Trinajstić information content (AvgIpc) is 2.94. The Balaban J connectivity index is 1.64. The summed E-state index contributed by atoms with van der Waals surface area (Å²) in [6.45, 7) is 6.03. The number of aromatic nitrogens is 2. The quantitative estimate of drug-likeness (QED) is 0.895. The van der Waals surface area contributed by atoms with Crippen LogP contribution in [0.5, 0.6) is 0 Å². The predicted molar refractivity (Wildman–Crippen MR) is 69.7 cm³/mol. The maximum atomic E-state index is 5.61. The van der Waals surface area contributed by atoms with Crippen molar-refractivity contribution in [3.63, 3.8) is 0 Å². The molecule has 2 atom stereocenters. The first-order chi connectivity index (χ1) is 9.13. The van der Waals surface area contributed by atoms with Crippen molar-refractivity contribution in [1.29, 1.82) is 0 Å². The maximum absolute atomic E-state index is 5.61. The first-order valence-corrected chi connectivity index (χ1v) is 6.79. The van der Waals surface area contributed by atoms with Crippen LogP contribution in [0.2, 0.25) is 0 Å². The molecule has 1 aliphatic rings. The van der Waals surface area contributed by atoms with E-state index in [0.717, 1.165) is 17.3 Å². The Labute approximate surface area is 112 Å². The Hall–Kier alpha value is -1.62. The molecule has 0 saturated heterocycles. The molecule has 3 rings (SSSR count). The van der Waals surface area contributed by atoms with E-state index in [-0.39, 0.29) is 12.1 Å². The molecule has 1 fully saturated rings. The van der Waals surface area contributed by atoms with Crippen LogP contribution in [-0.4, -0.2) is 10.1 Å². The van der Waals surface area contributed by atoms with Crippen molar-refractivity contribution in [2.45, 2.75) is 51.6 Å². The van der Waals surface area contributed by atoms with E-state index >= 15 is 0 Å². The van der Waals surface area contributed by atoms with Gasteiger partial charge in [-0.1, -0.05) is 5.16 Å². The van der Waals surface area contributed by atoms with E-state index < -0.39 is 0 Å². The van der Waals surface area contributed by atoms with Crippen LogP contribution in [0.3, 0.4) is 0 Å². The minimum Gasteiger partial charge on any atom is -0.465 e. The molecule has 2 aromatic rings. The molecular formula is C14H19N3O2. The Morgan fingerprint density at radius 3 is 2.68 bits per heavy atom. The first kappa shape index (κ1) is 12.4. The third kappa shape index (κ3) is 2.71. The third-order valence-corrected chi connectivity index (χ3v) is 3.46. The van der Waals surface area contributed by atoms with E-state index in [0.29, 0.717) is 11.8 Å². The summed E-state index contributed by atoms with van der Waals surface area (Å²) in [5.74, 6) is 3.87. The Morgan fingerprint density at radius 2 is 2.05 bits per heavy atom. The summed E-state index contributed by atoms with van der Waals surface area (Å²) in [4.78, 5) is 4.45. The smallest absolute Gasteiger partial charge is 0.243 e. The molecule has 102 valence electrons. The summed E-state index contributed by atoms with van der Waals surface area (Å²) in [5, 5.41) is 7.44. The van der Waals surface area contributed by atoms with E-state index in [9.17, 15) is 0 Å². The summed E-state index contributed by atoms with van der Waals surface area (Å²) in [5.41, 5.74) is 0. The molecule has 0 amide bonds. The number of furan rings is 1. The van der Waals surface area contributed by atoms with Gasteiger partial charge in [-0.3, -0.25) is 5.32 Å². The van der Waals surface area contributed by atoms with Crippen molar-refractivity contribution in [2.75, 3.05) is 0 Å². The summed E-state index contributed by atoms with van der Waals surface area (Å²) in [6.07, 6.45) is 2.37. The summed E-state index contributed by atoms with van der Waals surface area (Å²) in [6, 6.07) is 4.08. The Kier molecular flexibility index (Phi) is 3.14. The van der Waals surface area contributed by atoms with Crippen LogP contribution in [0.4, 0.5) is 0 Å². The number of aryl methyl sites for hydroxylation is 1. The summed E-state index contributed by atoms with van der Waals surface area (Å²) < 4.78 is 10.9. The van der Waals surface area contributed by atoms with E-state index in [1.54, 1.807) is 0 Å². The van der Waals surface area contributed by atoms with Crippen LogP contribution >= 0.6 is 0 Å². The van der Waals surface area contributed by atoms with Crippen LogP contribution in [0.1, 0.15) is 67.9 Å². The zero-order valence-corrected chi connectivity index (χ0v) is 11.5. The Bertz CT molecular complexity index is 557. The van der Waals surface area contributed by atoms with E-state index in [2.05, 4.69) is 22.4 Å². The maximum Gasteiger partial charge on any atom is 0.243 e. The zero-order chi connectivity index (χ0) is 13.4. The van der Waals surface area contributed by atoms with Gasteiger partial charge < -0.3 is 8.94 Å². The fourth-order valence-corrected chi connectivity index (χ4v) is 2.15. The molecule has 2 heterocycles. The number of hydrogen-bond donors (Lipinski definition) is 1. The molecule has 2 aromatic heterocycles. The fraction of sp³-hybridized carbons (Fsp3) is 0.571. The lowest BCUT2D eigenvalue weighted by atomic mass is 10.2. The van der Waals surface area contributed by atoms with Crippen molar-refractivity contribution in [1.82, 2.24) is 15.5 Å².